The molecule has 1 aromatic rings. The number of rotatable bonds is 15. The topological polar surface area (TPSA) is 64.6 Å². The fourth-order valence-corrected chi connectivity index (χ4v) is 2.87. The number of unbranched alkanes of at least 4 members (excludes halogenated alkanes) is 7. The molecule has 1 atom stereocenters. The smallest absolute Gasteiger partial charge is 0.408 e. The van der Waals surface area contributed by atoms with Crippen molar-refractivity contribution in [2.45, 2.75) is 70.8 Å². The number of esters is 1. The van der Waals surface area contributed by atoms with E-state index in [0.717, 1.165) is 18.4 Å². The molecule has 0 saturated heterocycles. The average Bonchev–Trinajstić information content (AvgIpc) is 2.71. The van der Waals surface area contributed by atoms with E-state index in [1.165, 1.54) is 44.6 Å². The van der Waals surface area contributed by atoms with Gasteiger partial charge in [-0.1, -0.05) is 94.9 Å². The molecule has 1 amide bonds. The SMILES string of the molecule is C=CCOC(=O)N[C@@H](Cc1ccccc1)C(=O)OCCCCCCCCCC. The molecule has 0 radical (unpaired) electrons. The van der Waals surface area contributed by atoms with Crippen LogP contribution in [0.4, 0.5) is 4.79 Å². The minimum atomic E-state index is -0.770. The van der Waals surface area contributed by atoms with Gasteiger partial charge in [-0.15, -0.1) is 0 Å². The summed E-state index contributed by atoms with van der Waals surface area (Å²) in [6.45, 7) is 6.19. The van der Waals surface area contributed by atoms with Gasteiger partial charge >= 0.3 is 12.1 Å². The molecule has 0 aliphatic rings. The first-order chi connectivity index (χ1) is 13.7. The maximum atomic E-state index is 12.5. The van der Waals surface area contributed by atoms with Gasteiger partial charge in [-0.3, -0.25) is 0 Å². The molecule has 0 aliphatic carbocycles. The first-order valence-electron chi connectivity index (χ1n) is 10.4. The fraction of sp³-hybridized carbons (Fsp3) is 0.565. The first-order valence-corrected chi connectivity index (χ1v) is 10.4. The lowest BCUT2D eigenvalue weighted by molar-refractivity contribution is -0.146. The molecule has 0 spiro atoms. The second-order valence-corrected chi connectivity index (χ2v) is 6.92. The number of carbonyl (C=O) groups excluding carboxylic acids is 2. The third kappa shape index (κ3) is 11.4. The number of nitrogens with one attached hydrogen (secondary N) is 1. The zero-order chi connectivity index (χ0) is 20.5. The van der Waals surface area contributed by atoms with Gasteiger partial charge in [0.15, 0.2) is 0 Å². The molecular weight excluding hydrogens is 354 g/mol. The zero-order valence-corrected chi connectivity index (χ0v) is 17.2. The zero-order valence-electron chi connectivity index (χ0n) is 17.2. The second-order valence-electron chi connectivity index (χ2n) is 6.92. The Balaban J connectivity index is 2.37. The van der Waals surface area contributed by atoms with Gasteiger partial charge in [0.05, 0.1) is 6.61 Å². The fourth-order valence-electron chi connectivity index (χ4n) is 2.87. The number of amides is 1. The van der Waals surface area contributed by atoms with Crippen molar-refractivity contribution in [1.82, 2.24) is 5.32 Å². The predicted molar refractivity (Wildman–Crippen MR) is 112 cm³/mol. The summed E-state index contributed by atoms with van der Waals surface area (Å²) >= 11 is 0. The van der Waals surface area contributed by atoms with Crippen LogP contribution in [0.25, 0.3) is 0 Å². The summed E-state index contributed by atoms with van der Waals surface area (Å²) in [4.78, 5) is 24.3. The molecule has 0 fully saturated rings. The van der Waals surface area contributed by atoms with Gasteiger partial charge in [-0.05, 0) is 12.0 Å². The Bertz CT molecular complexity index is 559. The third-order valence-electron chi connectivity index (χ3n) is 4.43. The van der Waals surface area contributed by atoms with Crippen LogP contribution in [-0.4, -0.2) is 31.3 Å². The molecule has 0 saturated carbocycles. The third-order valence-corrected chi connectivity index (χ3v) is 4.43. The Morgan fingerprint density at radius 1 is 1.00 bits per heavy atom. The van der Waals surface area contributed by atoms with E-state index in [1.54, 1.807) is 0 Å². The normalized spacial score (nSPS) is 11.5. The summed E-state index contributed by atoms with van der Waals surface area (Å²) < 4.78 is 10.3. The minimum absolute atomic E-state index is 0.0944. The van der Waals surface area contributed by atoms with E-state index in [-0.39, 0.29) is 6.61 Å². The maximum absolute atomic E-state index is 12.5. The Kier molecular flexibility index (Phi) is 13.3. The Morgan fingerprint density at radius 3 is 2.29 bits per heavy atom. The van der Waals surface area contributed by atoms with Gasteiger partial charge in [-0.25, -0.2) is 9.59 Å². The van der Waals surface area contributed by atoms with Crippen molar-refractivity contribution in [2.75, 3.05) is 13.2 Å². The number of benzene rings is 1. The van der Waals surface area contributed by atoms with Gasteiger partial charge in [0.2, 0.25) is 0 Å². The van der Waals surface area contributed by atoms with Crippen LogP contribution in [0.15, 0.2) is 43.0 Å². The summed E-state index contributed by atoms with van der Waals surface area (Å²) in [6.07, 6.45) is 10.6. The Hall–Kier alpha value is -2.30. The summed E-state index contributed by atoms with van der Waals surface area (Å²) in [6, 6.07) is 8.76. The van der Waals surface area contributed by atoms with Crippen LogP contribution in [0.2, 0.25) is 0 Å². The number of alkyl carbamates (subject to hydrolysis) is 1. The van der Waals surface area contributed by atoms with Crippen molar-refractivity contribution in [2.24, 2.45) is 0 Å². The van der Waals surface area contributed by atoms with Crippen molar-refractivity contribution < 1.29 is 19.1 Å². The van der Waals surface area contributed by atoms with Crippen LogP contribution in [0.3, 0.4) is 0 Å². The van der Waals surface area contributed by atoms with E-state index in [4.69, 9.17) is 9.47 Å². The van der Waals surface area contributed by atoms with E-state index in [9.17, 15) is 9.59 Å². The average molecular weight is 390 g/mol. The van der Waals surface area contributed by atoms with Crippen LogP contribution < -0.4 is 5.32 Å². The summed E-state index contributed by atoms with van der Waals surface area (Å²) in [5.74, 6) is -0.428. The lowest BCUT2D eigenvalue weighted by atomic mass is 10.1. The molecule has 1 N–H and O–H groups in total. The van der Waals surface area contributed by atoms with Crippen LogP contribution in [0.1, 0.15) is 63.9 Å². The van der Waals surface area contributed by atoms with Crippen molar-refractivity contribution >= 4 is 12.1 Å². The highest BCUT2D eigenvalue weighted by atomic mass is 16.6. The van der Waals surface area contributed by atoms with Gasteiger partial charge in [-0.2, -0.15) is 0 Å². The van der Waals surface area contributed by atoms with E-state index in [0.29, 0.717) is 13.0 Å². The summed E-state index contributed by atoms with van der Waals surface area (Å²) in [5, 5.41) is 2.60. The predicted octanol–water partition coefficient (Wildman–Crippen LogP) is 5.19. The van der Waals surface area contributed by atoms with Crippen LogP contribution in [0, 0.1) is 0 Å². The van der Waals surface area contributed by atoms with Gasteiger partial charge < -0.3 is 14.8 Å². The van der Waals surface area contributed by atoms with Gasteiger partial charge in [0, 0.05) is 6.42 Å². The molecule has 5 nitrogen and oxygen atoms in total. The molecule has 1 aromatic carbocycles. The van der Waals surface area contributed by atoms with Crippen LogP contribution >= 0.6 is 0 Å². The van der Waals surface area contributed by atoms with E-state index in [1.807, 2.05) is 30.3 Å². The Labute approximate surface area is 169 Å². The van der Waals surface area contributed by atoms with E-state index in [2.05, 4.69) is 18.8 Å². The highest BCUT2D eigenvalue weighted by molar-refractivity contribution is 5.81. The van der Waals surface area contributed by atoms with E-state index >= 15 is 0 Å². The largest absolute Gasteiger partial charge is 0.464 e. The first kappa shape index (κ1) is 23.7. The van der Waals surface area contributed by atoms with Crippen molar-refractivity contribution in [1.29, 1.82) is 0 Å². The molecule has 156 valence electrons. The number of hydrogen-bond donors (Lipinski definition) is 1. The molecule has 0 heterocycles. The van der Waals surface area contributed by atoms with Crippen molar-refractivity contribution in [3.63, 3.8) is 0 Å². The van der Waals surface area contributed by atoms with Crippen molar-refractivity contribution in [3.8, 4) is 0 Å². The molecule has 0 aromatic heterocycles. The quantitative estimate of drug-likeness (QED) is 0.255. The standard InChI is InChI=1S/C23H35NO4/c1-3-5-6-7-8-9-10-14-18-27-22(25)21(24-23(26)28-17-4-2)19-20-15-12-11-13-16-20/h4,11-13,15-16,21H,2-3,5-10,14,17-19H2,1H3,(H,24,26)/t21-/m0/s1. The molecular formula is C23H35NO4. The lowest BCUT2D eigenvalue weighted by Crippen LogP contribution is -2.43. The lowest BCUT2D eigenvalue weighted by Gasteiger charge is -2.17. The molecule has 1 rings (SSSR count). The second kappa shape index (κ2) is 15.7. The van der Waals surface area contributed by atoms with E-state index < -0.39 is 18.1 Å². The minimum Gasteiger partial charge on any atom is -0.464 e. The summed E-state index contributed by atoms with van der Waals surface area (Å²) in [7, 11) is 0. The van der Waals surface area contributed by atoms with Crippen molar-refractivity contribution in [3.05, 3.63) is 48.6 Å². The number of carbonyl (C=O) groups is 2. The Morgan fingerprint density at radius 2 is 1.64 bits per heavy atom. The number of ether oxygens (including phenoxy) is 2. The van der Waals surface area contributed by atoms with Gasteiger partial charge in [0.25, 0.3) is 0 Å². The molecule has 0 unspecified atom stereocenters. The number of hydrogen-bond acceptors (Lipinski definition) is 4. The molecule has 28 heavy (non-hydrogen) atoms. The van der Waals surface area contributed by atoms with Gasteiger partial charge in [0.1, 0.15) is 12.6 Å². The maximum Gasteiger partial charge on any atom is 0.408 e. The highest BCUT2D eigenvalue weighted by Gasteiger charge is 2.23. The molecule has 5 heteroatoms. The summed E-state index contributed by atoms with van der Waals surface area (Å²) in [5.41, 5.74) is 0.945. The van der Waals surface area contributed by atoms with Crippen LogP contribution in [0.5, 0.6) is 0 Å². The highest BCUT2D eigenvalue weighted by Crippen LogP contribution is 2.09. The molecule has 0 aliphatic heterocycles. The van der Waals surface area contributed by atoms with Crippen LogP contribution in [-0.2, 0) is 20.7 Å². The monoisotopic (exact) mass is 389 g/mol. The molecule has 0 bridgehead atoms.